The molecule has 86 valence electrons. The number of nitrogens with zero attached hydrogens (tertiary/aromatic N) is 2. The Morgan fingerprint density at radius 3 is 2.75 bits per heavy atom. The van der Waals surface area contributed by atoms with Gasteiger partial charge in [0.15, 0.2) is 0 Å². The van der Waals surface area contributed by atoms with E-state index < -0.39 is 11.6 Å². The first-order chi connectivity index (χ1) is 7.40. The van der Waals surface area contributed by atoms with E-state index in [0.29, 0.717) is 5.69 Å². The minimum atomic E-state index is -0.529. The van der Waals surface area contributed by atoms with Crippen LogP contribution in [0.1, 0.15) is 33.4 Å². The third-order valence-corrected chi connectivity index (χ3v) is 1.66. The van der Waals surface area contributed by atoms with Crippen LogP contribution in [0, 0.1) is 11.8 Å². The maximum atomic E-state index is 11.3. The Hall–Kier alpha value is -1.76. The summed E-state index contributed by atoms with van der Waals surface area (Å²) in [6.07, 6.45) is 1.82. The van der Waals surface area contributed by atoms with Crippen molar-refractivity contribution in [2.75, 3.05) is 0 Å². The fourth-order valence-electron chi connectivity index (χ4n) is 1.02. The van der Waals surface area contributed by atoms with Gasteiger partial charge in [-0.05, 0) is 39.7 Å². The first-order valence-corrected chi connectivity index (χ1v) is 5.19. The van der Waals surface area contributed by atoms with E-state index >= 15 is 0 Å². The zero-order valence-corrected chi connectivity index (χ0v) is 10.1. The van der Waals surface area contributed by atoms with E-state index in [9.17, 15) is 4.79 Å². The van der Waals surface area contributed by atoms with E-state index in [1.165, 1.54) is 0 Å². The van der Waals surface area contributed by atoms with Crippen molar-refractivity contribution in [3.63, 3.8) is 0 Å². The lowest BCUT2D eigenvalue weighted by Gasteiger charge is -2.16. The van der Waals surface area contributed by atoms with Crippen molar-refractivity contribution in [3.8, 4) is 11.8 Å². The fraction of sp³-hybridized carbons (Fsp3) is 0.500. The molecule has 16 heavy (non-hydrogen) atoms. The van der Waals surface area contributed by atoms with Crippen molar-refractivity contribution in [1.29, 1.82) is 0 Å². The van der Waals surface area contributed by atoms with Gasteiger partial charge in [-0.15, -0.1) is 0 Å². The van der Waals surface area contributed by atoms with Crippen molar-refractivity contribution in [2.24, 2.45) is 0 Å². The molecule has 1 rings (SSSR count). The topological polar surface area (TPSA) is 44.1 Å². The molecule has 0 aliphatic carbocycles. The smallest absolute Gasteiger partial charge is 0.385 e. The average molecular weight is 220 g/mol. The van der Waals surface area contributed by atoms with E-state index in [0.717, 1.165) is 6.54 Å². The molecule has 0 amide bonds. The molecule has 0 fully saturated rings. The van der Waals surface area contributed by atoms with E-state index in [1.54, 1.807) is 31.5 Å². The van der Waals surface area contributed by atoms with Crippen LogP contribution in [0.15, 0.2) is 12.3 Å². The highest BCUT2D eigenvalue weighted by molar-refractivity contribution is 5.89. The highest BCUT2D eigenvalue weighted by Crippen LogP contribution is 2.06. The molecular weight excluding hydrogens is 204 g/mol. The first kappa shape index (κ1) is 12.3. The van der Waals surface area contributed by atoms with Crippen LogP contribution in [0.3, 0.4) is 0 Å². The lowest BCUT2D eigenvalue weighted by Crippen LogP contribution is -2.22. The lowest BCUT2D eigenvalue weighted by molar-refractivity contribution is -0.147. The molecule has 1 heterocycles. The Bertz CT molecular complexity index is 430. The highest BCUT2D eigenvalue weighted by Gasteiger charge is 2.14. The van der Waals surface area contributed by atoms with Crippen LogP contribution in [-0.4, -0.2) is 21.4 Å². The quantitative estimate of drug-likeness (QED) is 0.533. The predicted octanol–water partition coefficient (Wildman–Crippen LogP) is 1.60. The molecule has 0 atom stereocenters. The Kier molecular flexibility index (Phi) is 3.73. The minimum absolute atomic E-state index is 0.505. The molecule has 1 aromatic rings. The van der Waals surface area contributed by atoms with Crippen molar-refractivity contribution in [2.45, 2.75) is 39.8 Å². The number of carbonyl (C=O) groups excluding carboxylic acids is 1. The van der Waals surface area contributed by atoms with Gasteiger partial charge in [0.1, 0.15) is 11.3 Å². The number of aromatic nitrogens is 2. The standard InChI is InChI=1S/C12H16N2O2/c1-5-14-9-8-10(13-14)6-7-11(15)16-12(2,3)4/h8-9H,5H2,1-4H3. The van der Waals surface area contributed by atoms with Crippen molar-refractivity contribution in [3.05, 3.63) is 18.0 Å². The van der Waals surface area contributed by atoms with Gasteiger partial charge in [-0.2, -0.15) is 5.10 Å². The molecule has 0 aliphatic heterocycles. The monoisotopic (exact) mass is 220 g/mol. The molecule has 0 unspecified atom stereocenters. The Balaban J connectivity index is 2.64. The van der Waals surface area contributed by atoms with Crippen LogP contribution >= 0.6 is 0 Å². The van der Waals surface area contributed by atoms with Crippen LogP contribution in [0.5, 0.6) is 0 Å². The second-order valence-corrected chi connectivity index (χ2v) is 4.31. The zero-order valence-electron chi connectivity index (χ0n) is 10.1. The summed E-state index contributed by atoms with van der Waals surface area (Å²) < 4.78 is 6.79. The molecule has 4 heteroatoms. The largest absolute Gasteiger partial charge is 0.450 e. The summed E-state index contributed by atoms with van der Waals surface area (Å²) in [6.45, 7) is 8.18. The van der Waals surface area contributed by atoms with Gasteiger partial charge in [0.05, 0.1) is 0 Å². The second kappa shape index (κ2) is 4.84. The summed E-state index contributed by atoms with van der Waals surface area (Å²) in [5.74, 6) is 4.54. The first-order valence-electron chi connectivity index (χ1n) is 5.19. The number of carbonyl (C=O) groups is 1. The molecule has 0 aliphatic rings. The van der Waals surface area contributed by atoms with Crippen molar-refractivity contribution < 1.29 is 9.53 Å². The van der Waals surface area contributed by atoms with Crippen molar-refractivity contribution in [1.82, 2.24) is 9.78 Å². The predicted molar refractivity (Wildman–Crippen MR) is 60.6 cm³/mol. The third-order valence-electron chi connectivity index (χ3n) is 1.66. The number of hydrogen-bond donors (Lipinski definition) is 0. The van der Waals surface area contributed by atoms with Gasteiger partial charge >= 0.3 is 5.97 Å². The summed E-state index contributed by atoms with van der Waals surface area (Å²) in [4.78, 5) is 11.3. The molecular formula is C12H16N2O2. The summed E-state index contributed by atoms with van der Waals surface area (Å²) in [6, 6.07) is 1.76. The Morgan fingerprint density at radius 2 is 2.25 bits per heavy atom. The van der Waals surface area contributed by atoms with E-state index in [-0.39, 0.29) is 0 Å². The van der Waals surface area contributed by atoms with Crippen molar-refractivity contribution >= 4 is 5.97 Å². The molecule has 0 radical (unpaired) electrons. The summed E-state index contributed by atoms with van der Waals surface area (Å²) >= 11 is 0. The van der Waals surface area contributed by atoms with Crippen LogP contribution in [-0.2, 0) is 16.1 Å². The molecule has 1 aromatic heterocycles. The van der Waals surface area contributed by atoms with Crippen LogP contribution < -0.4 is 0 Å². The number of rotatable bonds is 1. The zero-order chi connectivity index (χ0) is 12.2. The molecule has 0 saturated heterocycles. The molecule has 0 bridgehead atoms. The van der Waals surface area contributed by atoms with Gasteiger partial charge in [-0.3, -0.25) is 4.68 Å². The van der Waals surface area contributed by atoms with E-state index in [1.807, 2.05) is 13.1 Å². The van der Waals surface area contributed by atoms with Gasteiger partial charge in [0.2, 0.25) is 0 Å². The molecule has 0 spiro atoms. The maximum absolute atomic E-state index is 11.3. The lowest BCUT2D eigenvalue weighted by atomic mass is 10.2. The van der Waals surface area contributed by atoms with Crippen LogP contribution in [0.25, 0.3) is 0 Å². The molecule has 0 N–H and O–H groups in total. The van der Waals surface area contributed by atoms with Gasteiger partial charge in [-0.1, -0.05) is 0 Å². The van der Waals surface area contributed by atoms with E-state index in [2.05, 4.69) is 16.9 Å². The van der Waals surface area contributed by atoms with Gasteiger partial charge < -0.3 is 4.74 Å². The van der Waals surface area contributed by atoms with Gasteiger partial charge in [0, 0.05) is 18.7 Å². The number of hydrogen-bond acceptors (Lipinski definition) is 3. The molecule has 0 saturated carbocycles. The summed E-state index contributed by atoms with van der Waals surface area (Å²) in [7, 11) is 0. The van der Waals surface area contributed by atoms with Gasteiger partial charge in [0.25, 0.3) is 0 Å². The number of esters is 1. The summed E-state index contributed by atoms with van der Waals surface area (Å²) in [5, 5.41) is 4.13. The Morgan fingerprint density at radius 1 is 1.56 bits per heavy atom. The normalized spacial score (nSPS) is 10.5. The van der Waals surface area contributed by atoms with Crippen LogP contribution in [0.2, 0.25) is 0 Å². The SMILES string of the molecule is CCn1ccc(C#CC(=O)OC(C)(C)C)n1. The minimum Gasteiger partial charge on any atom is -0.450 e. The number of aryl methyl sites for hydroxylation is 1. The molecule has 4 nitrogen and oxygen atoms in total. The molecule has 0 aromatic carbocycles. The number of ether oxygens (including phenoxy) is 1. The second-order valence-electron chi connectivity index (χ2n) is 4.31. The van der Waals surface area contributed by atoms with E-state index in [4.69, 9.17) is 4.74 Å². The highest BCUT2D eigenvalue weighted by atomic mass is 16.6. The fourth-order valence-corrected chi connectivity index (χ4v) is 1.02. The summed E-state index contributed by atoms with van der Waals surface area (Å²) in [5.41, 5.74) is 0.0712. The maximum Gasteiger partial charge on any atom is 0.385 e. The average Bonchev–Trinajstić information content (AvgIpc) is 2.59. The van der Waals surface area contributed by atoms with Gasteiger partial charge in [-0.25, -0.2) is 4.79 Å². The van der Waals surface area contributed by atoms with Crippen LogP contribution in [0.4, 0.5) is 0 Å². The Labute approximate surface area is 95.6 Å². The third kappa shape index (κ3) is 4.18.